The molecule has 23 heavy (non-hydrogen) atoms. The van der Waals surface area contributed by atoms with E-state index < -0.39 is 0 Å². The Hall–Kier alpha value is -3.03. The molecule has 1 fully saturated rings. The molecular weight excluding hydrogens is 300 g/mol. The lowest BCUT2D eigenvalue weighted by Gasteiger charge is -2.09. The van der Waals surface area contributed by atoms with Crippen molar-refractivity contribution >= 4 is 23.7 Å². The third kappa shape index (κ3) is 3.60. The Morgan fingerprint density at radius 3 is 2.52 bits per heavy atom. The van der Waals surface area contributed by atoms with E-state index in [9.17, 15) is 14.4 Å². The Bertz CT molecular complexity index is 725. The Labute approximate surface area is 131 Å². The number of nitrogens with zero attached hydrogens (tertiary/aromatic N) is 3. The highest BCUT2D eigenvalue weighted by atomic mass is 16.4. The first kappa shape index (κ1) is 14.9. The summed E-state index contributed by atoms with van der Waals surface area (Å²) >= 11 is 0. The van der Waals surface area contributed by atoms with Crippen LogP contribution in [0.2, 0.25) is 0 Å². The first-order valence-electron chi connectivity index (χ1n) is 7.11. The molecule has 2 aromatic rings. The Morgan fingerprint density at radius 2 is 1.83 bits per heavy atom. The van der Waals surface area contributed by atoms with Crippen molar-refractivity contribution in [2.24, 2.45) is 0 Å². The zero-order chi connectivity index (χ0) is 16.2. The molecule has 2 heterocycles. The third-order valence-electron chi connectivity index (χ3n) is 3.37. The van der Waals surface area contributed by atoms with Crippen LogP contribution >= 0.6 is 0 Å². The molecule has 1 N–H and O–H groups in total. The molecule has 1 aromatic carbocycles. The van der Waals surface area contributed by atoms with Crippen LogP contribution in [0.15, 0.2) is 34.7 Å². The number of aromatic nitrogens is 2. The van der Waals surface area contributed by atoms with Gasteiger partial charge in [-0.1, -0.05) is 35.4 Å². The minimum Gasteiger partial charge on any atom is -0.406 e. The number of anilines is 1. The van der Waals surface area contributed by atoms with Crippen LogP contribution in [0, 0.1) is 0 Å². The number of carbonyl (C=O) groups excluding carboxylic acids is 3. The van der Waals surface area contributed by atoms with Crippen LogP contribution in [-0.2, 0) is 27.3 Å². The number of benzene rings is 1. The lowest BCUT2D eigenvalue weighted by Crippen LogP contribution is -2.28. The maximum atomic E-state index is 11.9. The van der Waals surface area contributed by atoms with Crippen LogP contribution in [-0.4, -0.2) is 32.8 Å². The van der Waals surface area contributed by atoms with Gasteiger partial charge in [0.15, 0.2) is 0 Å². The van der Waals surface area contributed by atoms with E-state index in [1.165, 1.54) is 0 Å². The second-order valence-corrected chi connectivity index (χ2v) is 5.09. The summed E-state index contributed by atoms with van der Waals surface area (Å²) < 4.78 is 5.25. The van der Waals surface area contributed by atoms with Crippen molar-refractivity contribution in [3.63, 3.8) is 0 Å². The summed E-state index contributed by atoms with van der Waals surface area (Å²) in [6.07, 6.45) is 0.586. The van der Waals surface area contributed by atoms with E-state index in [1.807, 2.05) is 30.3 Å². The normalized spacial score (nSPS) is 14.3. The number of amides is 3. The molecule has 0 spiro atoms. The summed E-state index contributed by atoms with van der Waals surface area (Å²) in [7, 11) is 0. The van der Waals surface area contributed by atoms with Crippen molar-refractivity contribution in [3.05, 3.63) is 41.8 Å². The molecule has 1 aromatic heterocycles. The van der Waals surface area contributed by atoms with E-state index in [0.29, 0.717) is 0 Å². The number of hydrogen-bond donors (Lipinski definition) is 1. The first-order chi connectivity index (χ1) is 11.1. The molecule has 8 nitrogen and oxygen atoms in total. The maximum absolute atomic E-state index is 11.9. The lowest BCUT2D eigenvalue weighted by atomic mass is 10.1. The van der Waals surface area contributed by atoms with Crippen LogP contribution in [0.4, 0.5) is 6.01 Å². The highest BCUT2D eigenvalue weighted by Gasteiger charge is 2.30. The number of carbonyl (C=O) groups is 3. The second kappa shape index (κ2) is 6.39. The fourth-order valence-electron chi connectivity index (χ4n) is 2.25. The highest BCUT2D eigenvalue weighted by molar-refractivity contribution is 6.01. The quantitative estimate of drug-likeness (QED) is 0.822. The van der Waals surface area contributed by atoms with E-state index >= 15 is 0 Å². The number of imide groups is 1. The number of likely N-dealkylation sites (tertiary alicyclic amines) is 1. The van der Waals surface area contributed by atoms with E-state index in [0.717, 1.165) is 10.5 Å². The van der Waals surface area contributed by atoms with Gasteiger partial charge < -0.3 is 4.42 Å². The highest BCUT2D eigenvalue weighted by Crippen LogP contribution is 2.16. The zero-order valence-corrected chi connectivity index (χ0v) is 12.2. The topological polar surface area (TPSA) is 105 Å². The summed E-state index contributed by atoms with van der Waals surface area (Å²) in [5.41, 5.74) is 0.859. The van der Waals surface area contributed by atoms with Crippen molar-refractivity contribution in [3.8, 4) is 0 Å². The van der Waals surface area contributed by atoms with Gasteiger partial charge in [-0.05, 0) is 5.56 Å². The van der Waals surface area contributed by atoms with Gasteiger partial charge in [0.1, 0.15) is 6.54 Å². The summed E-state index contributed by atoms with van der Waals surface area (Å²) in [5, 5.41) is 9.91. The average molecular weight is 314 g/mol. The lowest BCUT2D eigenvalue weighted by molar-refractivity contribution is -0.139. The fraction of sp³-hybridized carbons (Fsp3) is 0.267. The number of rotatable bonds is 5. The van der Waals surface area contributed by atoms with Crippen LogP contribution in [0.3, 0.4) is 0 Å². The molecule has 0 aliphatic carbocycles. The summed E-state index contributed by atoms with van der Waals surface area (Å²) in [6.45, 7) is -0.0702. The zero-order valence-electron chi connectivity index (χ0n) is 12.2. The van der Waals surface area contributed by atoms with E-state index in [-0.39, 0.29) is 55.4 Å². The molecule has 0 bridgehead atoms. The van der Waals surface area contributed by atoms with Crippen LogP contribution in [0.1, 0.15) is 24.3 Å². The van der Waals surface area contributed by atoms with Crippen LogP contribution in [0.5, 0.6) is 0 Å². The predicted molar refractivity (Wildman–Crippen MR) is 77.9 cm³/mol. The van der Waals surface area contributed by atoms with E-state index in [4.69, 9.17) is 4.42 Å². The molecule has 1 aliphatic rings. The van der Waals surface area contributed by atoms with Gasteiger partial charge in [-0.2, -0.15) is 0 Å². The smallest absolute Gasteiger partial charge is 0.322 e. The third-order valence-corrected chi connectivity index (χ3v) is 3.37. The first-order valence-corrected chi connectivity index (χ1v) is 7.11. The van der Waals surface area contributed by atoms with Crippen LogP contribution in [0.25, 0.3) is 0 Å². The van der Waals surface area contributed by atoms with Gasteiger partial charge in [0, 0.05) is 12.8 Å². The Kier molecular flexibility index (Phi) is 4.13. The van der Waals surface area contributed by atoms with Crippen molar-refractivity contribution < 1.29 is 18.8 Å². The van der Waals surface area contributed by atoms with Gasteiger partial charge in [-0.15, -0.1) is 5.10 Å². The van der Waals surface area contributed by atoms with Gasteiger partial charge in [0.2, 0.25) is 23.6 Å². The van der Waals surface area contributed by atoms with E-state index in [1.54, 1.807) is 0 Å². The summed E-state index contributed by atoms with van der Waals surface area (Å²) in [6, 6.07) is 9.18. The molecule has 0 radical (unpaired) electrons. The van der Waals surface area contributed by atoms with Gasteiger partial charge in [-0.25, -0.2) is 0 Å². The summed E-state index contributed by atoms with van der Waals surface area (Å²) in [5.74, 6) is -0.714. The molecule has 0 saturated carbocycles. The van der Waals surface area contributed by atoms with Gasteiger partial charge in [0.05, 0.1) is 6.42 Å². The Balaban J connectivity index is 1.58. The van der Waals surface area contributed by atoms with Crippen molar-refractivity contribution in [2.45, 2.75) is 25.8 Å². The Morgan fingerprint density at radius 1 is 1.13 bits per heavy atom. The minimum absolute atomic E-state index is 0.0555. The van der Waals surface area contributed by atoms with Crippen molar-refractivity contribution in [1.29, 1.82) is 0 Å². The molecule has 3 amide bonds. The van der Waals surface area contributed by atoms with Gasteiger partial charge in [-0.3, -0.25) is 24.6 Å². The van der Waals surface area contributed by atoms with Crippen molar-refractivity contribution in [2.75, 3.05) is 5.32 Å². The summed E-state index contributed by atoms with van der Waals surface area (Å²) in [4.78, 5) is 36.0. The fourth-order valence-corrected chi connectivity index (χ4v) is 2.25. The molecule has 0 unspecified atom stereocenters. The van der Waals surface area contributed by atoms with Crippen LogP contribution < -0.4 is 5.32 Å². The molecule has 0 atom stereocenters. The number of nitrogens with one attached hydrogen (secondary N) is 1. The molecule has 8 heteroatoms. The second-order valence-electron chi connectivity index (χ2n) is 5.09. The maximum Gasteiger partial charge on any atom is 0.322 e. The average Bonchev–Trinajstić information content (AvgIpc) is 3.10. The minimum atomic E-state index is -0.292. The predicted octanol–water partition coefficient (Wildman–Crippen LogP) is 0.900. The molecule has 118 valence electrons. The molecular formula is C15H14N4O4. The van der Waals surface area contributed by atoms with Gasteiger partial charge >= 0.3 is 6.01 Å². The molecule has 1 saturated heterocycles. The molecule has 3 rings (SSSR count). The standard InChI is InChI=1S/C15H14N4O4/c20-11(8-10-4-2-1-3-5-10)16-15-18-17-12(23-15)9-19-13(21)6-7-14(19)22/h1-5H,6-9H2,(H,16,18,20). The number of hydrogen-bond acceptors (Lipinski definition) is 6. The van der Waals surface area contributed by atoms with Crippen molar-refractivity contribution in [1.82, 2.24) is 15.1 Å². The largest absolute Gasteiger partial charge is 0.406 e. The monoisotopic (exact) mass is 314 g/mol. The SMILES string of the molecule is O=C(Cc1ccccc1)Nc1nnc(CN2C(=O)CCC2=O)o1. The van der Waals surface area contributed by atoms with Gasteiger partial charge in [0.25, 0.3) is 0 Å². The van der Waals surface area contributed by atoms with E-state index in [2.05, 4.69) is 15.5 Å². The molecule has 1 aliphatic heterocycles.